The van der Waals surface area contributed by atoms with Gasteiger partial charge in [0, 0.05) is 20.3 Å². The molecule has 0 aliphatic heterocycles. The number of hydrogen-bond acceptors (Lipinski definition) is 3. The fraction of sp³-hybridized carbons (Fsp3) is 0.538. The van der Waals surface area contributed by atoms with Crippen LogP contribution in [0.15, 0.2) is 30.3 Å². The summed E-state index contributed by atoms with van der Waals surface area (Å²) in [4.78, 5) is 0. The Bertz CT molecular complexity index is 251. The topological polar surface area (TPSA) is 30.5 Å². The number of methoxy groups -OCH3 is 1. The minimum absolute atomic E-state index is 0.717. The van der Waals surface area contributed by atoms with Crippen molar-refractivity contribution in [3.05, 3.63) is 30.3 Å². The van der Waals surface area contributed by atoms with Gasteiger partial charge < -0.3 is 14.8 Å². The maximum absolute atomic E-state index is 5.55. The van der Waals surface area contributed by atoms with Crippen molar-refractivity contribution in [3.8, 4) is 5.75 Å². The third kappa shape index (κ3) is 6.43. The van der Waals surface area contributed by atoms with Crippen LogP contribution in [0, 0.1) is 0 Å². The second-order valence-corrected chi connectivity index (χ2v) is 3.61. The molecule has 0 heterocycles. The maximum Gasteiger partial charge on any atom is 0.119 e. The first kappa shape index (κ1) is 13.0. The molecule has 1 aromatic rings. The van der Waals surface area contributed by atoms with E-state index < -0.39 is 0 Å². The third-order valence-corrected chi connectivity index (χ3v) is 2.24. The highest BCUT2D eigenvalue weighted by atomic mass is 16.5. The summed E-state index contributed by atoms with van der Waals surface area (Å²) in [5.74, 6) is 0.934. The zero-order chi connectivity index (χ0) is 11.5. The summed E-state index contributed by atoms with van der Waals surface area (Å²) < 4.78 is 10.5. The van der Waals surface area contributed by atoms with Gasteiger partial charge >= 0.3 is 0 Å². The molecule has 0 aromatic heterocycles. The van der Waals surface area contributed by atoms with Crippen LogP contribution < -0.4 is 10.1 Å². The highest BCUT2D eigenvalue weighted by Gasteiger charge is 1.91. The molecule has 90 valence electrons. The molecule has 1 rings (SSSR count). The molecule has 3 nitrogen and oxygen atoms in total. The second-order valence-electron chi connectivity index (χ2n) is 3.61. The van der Waals surface area contributed by atoms with Crippen molar-refractivity contribution in [1.82, 2.24) is 5.32 Å². The molecule has 0 bridgehead atoms. The third-order valence-electron chi connectivity index (χ3n) is 2.24. The van der Waals surface area contributed by atoms with E-state index in [-0.39, 0.29) is 0 Å². The lowest BCUT2D eigenvalue weighted by molar-refractivity contribution is 0.192. The zero-order valence-electron chi connectivity index (χ0n) is 9.95. The van der Waals surface area contributed by atoms with Crippen LogP contribution in [-0.2, 0) is 4.74 Å². The van der Waals surface area contributed by atoms with Crippen molar-refractivity contribution in [2.75, 3.05) is 33.4 Å². The number of ether oxygens (including phenoxy) is 2. The molecule has 0 aliphatic rings. The lowest BCUT2D eigenvalue weighted by Gasteiger charge is -2.07. The van der Waals surface area contributed by atoms with Crippen molar-refractivity contribution in [3.63, 3.8) is 0 Å². The van der Waals surface area contributed by atoms with Crippen molar-refractivity contribution in [2.45, 2.75) is 12.8 Å². The van der Waals surface area contributed by atoms with E-state index in [2.05, 4.69) is 5.32 Å². The van der Waals surface area contributed by atoms with E-state index in [1.165, 1.54) is 0 Å². The molecule has 0 spiro atoms. The van der Waals surface area contributed by atoms with Gasteiger partial charge in [-0.25, -0.2) is 0 Å². The van der Waals surface area contributed by atoms with Gasteiger partial charge in [-0.05, 0) is 31.5 Å². The monoisotopic (exact) mass is 223 g/mol. The average Bonchev–Trinajstić information content (AvgIpc) is 2.34. The van der Waals surface area contributed by atoms with E-state index >= 15 is 0 Å². The molecule has 0 atom stereocenters. The van der Waals surface area contributed by atoms with E-state index in [1.54, 1.807) is 7.11 Å². The largest absolute Gasteiger partial charge is 0.492 e. The first-order valence-corrected chi connectivity index (χ1v) is 5.81. The fourth-order valence-corrected chi connectivity index (χ4v) is 1.38. The van der Waals surface area contributed by atoms with Crippen LogP contribution in [0.25, 0.3) is 0 Å². The summed E-state index contributed by atoms with van der Waals surface area (Å²) in [6.45, 7) is 3.49. The van der Waals surface area contributed by atoms with Crippen molar-refractivity contribution >= 4 is 0 Å². The number of hydrogen-bond donors (Lipinski definition) is 1. The molecule has 0 radical (unpaired) electrons. The van der Waals surface area contributed by atoms with E-state index in [4.69, 9.17) is 9.47 Å². The van der Waals surface area contributed by atoms with Crippen LogP contribution in [0.5, 0.6) is 5.75 Å². The molecule has 0 fully saturated rings. The van der Waals surface area contributed by atoms with Crippen LogP contribution >= 0.6 is 0 Å². The highest BCUT2D eigenvalue weighted by molar-refractivity contribution is 5.20. The minimum Gasteiger partial charge on any atom is -0.492 e. The van der Waals surface area contributed by atoms with Crippen LogP contribution in [-0.4, -0.2) is 33.4 Å². The number of unbranched alkanes of at least 4 members (excludes halogenated alkanes) is 1. The van der Waals surface area contributed by atoms with Crippen molar-refractivity contribution < 1.29 is 9.47 Å². The Morgan fingerprint density at radius 3 is 2.56 bits per heavy atom. The van der Waals surface area contributed by atoms with Gasteiger partial charge in [-0.15, -0.1) is 0 Å². The Balaban J connectivity index is 1.89. The predicted molar refractivity (Wildman–Crippen MR) is 65.9 cm³/mol. The Hall–Kier alpha value is -1.06. The summed E-state index contributed by atoms with van der Waals surface area (Å²) in [6, 6.07) is 9.89. The molecule has 16 heavy (non-hydrogen) atoms. The van der Waals surface area contributed by atoms with Gasteiger partial charge in [-0.3, -0.25) is 0 Å². The highest BCUT2D eigenvalue weighted by Crippen LogP contribution is 2.07. The van der Waals surface area contributed by atoms with Gasteiger partial charge in [0.05, 0.1) is 0 Å². The molecule has 3 heteroatoms. The Labute approximate surface area is 97.8 Å². The van der Waals surface area contributed by atoms with E-state index in [0.717, 1.165) is 38.3 Å². The summed E-state index contributed by atoms with van der Waals surface area (Å²) >= 11 is 0. The molecular formula is C13H21NO2. The average molecular weight is 223 g/mol. The molecule has 0 unspecified atom stereocenters. The van der Waals surface area contributed by atoms with Crippen LogP contribution in [0.1, 0.15) is 12.8 Å². The van der Waals surface area contributed by atoms with Gasteiger partial charge in [0.15, 0.2) is 0 Å². The van der Waals surface area contributed by atoms with Crippen molar-refractivity contribution in [2.24, 2.45) is 0 Å². The SMILES string of the molecule is COCCCCNCCOc1ccccc1. The Kier molecular flexibility index (Phi) is 7.47. The maximum atomic E-state index is 5.55. The Morgan fingerprint density at radius 2 is 1.81 bits per heavy atom. The van der Waals surface area contributed by atoms with E-state index in [9.17, 15) is 0 Å². The van der Waals surface area contributed by atoms with Gasteiger partial charge in [-0.2, -0.15) is 0 Å². The lowest BCUT2D eigenvalue weighted by Crippen LogP contribution is -2.22. The van der Waals surface area contributed by atoms with Crippen LogP contribution in [0.3, 0.4) is 0 Å². The standard InChI is InChI=1S/C13H21NO2/c1-15-11-6-5-9-14-10-12-16-13-7-3-2-4-8-13/h2-4,7-8,14H,5-6,9-12H2,1H3. The molecule has 0 amide bonds. The fourth-order valence-electron chi connectivity index (χ4n) is 1.38. The molecule has 0 aliphatic carbocycles. The van der Waals surface area contributed by atoms with Gasteiger partial charge in [0.1, 0.15) is 12.4 Å². The lowest BCUT2D eigenvalue weighted by atomic mass is 10.3. The van der Waals surface area contributed by atoms with Crippen LogP contribution in [0.2, 0.25) is 0 Å². The molecule has 0 saturated heterocycles. The summed E-state index contributed by atoms with van der Waals surface area (Å²) in [5, 5.41) is 3.33. The molecular weight excluding hydrogens is 202 g/mol. The number of benzene rings is 1. The summed E-state index contributed by atoms with van der Waals surface area (Å²) in [6.07, 6.45) is 2.27. The number of nitrogens with one attached hydrogen (secondary N) is 1. The zero-order valence-corrected chi connectivity index (χ0v) is 9.95. The minimum atomic E-state index is 0.717. The van der Waals surface area contributed by atoms with Gasteiger partial charge in [0.25, 0.3) is 0 Å². The van der Waals surface area contributed by atoms with Crippen LogP contribution in [0.4, 0.5) is 0 Å². The molecule has 1 aromatic carbocycles. The smallest absolute Gasteiger partial charge is 0.119 e. The first-order chi connectivity index (χ1) is 7.93. The summed E-state index contributed by atoms with van der Waals surface area (Å²) in [5.41, 5.74) is 0. The molecule has 1 N–H and O–H groups in total. The second kappa shape index (κ2) is 9.19. The Morgan fingerprint density at radius 1 is 1.00 bits per heavy atom. The van der Waals surface area contributed by atoms with Gasteiger partial charge in [-0.1, -0.05) is 18.2 Å². The van der Waals surface area contributed by atoms with Crippen molar-refractivity contribution in [1.29, 1.82) is 0 Å². The normalized spacial score (nSPS) is 10.3. The molecule has 0 saturated carbocycles. The van der Waals surface area contributed by atoms with E-state index in [1.807, 2.05) is 30.3 Å². The number of rotatable bonds is 9. The number of para-hydroxylation sites is 1. The predicted octanol–water partition coefficient (Wildman–Crippen LogP) is 2.08. The van der Waals surface area contributed by atoms with Gasteiger partial charge in [0.2, 0.25) is 0 Å². The van der Waals surface area contributed by atoms with E-state index in [0.29, 0.717) is 6.61 Å². The quantitative estimate of drug-likeness (QED) is 0.650. The first-order valence-electron chi connectivity index (χ1n) is 5.81. The summed E-state index contributed by atoms with van der Waals surface area (Å²) in [7, 11) is 1.74.